The average molecular weight is 531 g/mol. The lowest BCUT2D eigenvalue weighted by Gasteiger charge is -2.34. The second-order valence-electron chi connectivity index (χ2n) is 10.4. The highest BCUT2D eigenvalue weighted by molar-refractivity contribution is 5.75. The molecule has 0 radical (unpaired) electrons. The number of epoxide rings is 1. The lowest BCUT2D eigenvalue weighted by atomic mass is 9.70. The molecular formula is C34H42O5. The van der Waals surface area contributed by atoms with Gasteiger partial charge in [-0.25, -0.2) is 9.78 Å². The van der Waals surface area contributed by atoms with Gasteiger partial charge in [0.15, 0.2) is 11.5 Å². The molecule has 1 saturated heterocycles. The molecule has 1 fully saturated rings. The minimum atomic E-state index is -0.102. The highest BCUT2D eigenvalue weighted by Gasteiger charge is 2.39. The third-order valence-electron chi connectivity index (χ3n) is 8.40. The number of benzene rings is 3. The van der Waals surface area contributed by atoms with Crippen molar-refractivity contribution in [2.24, 2.45) is 0 Å². The molecule has 208 valence electrons. The zero-order valence-electron chi connectivity index (χ0n) is 24.2. The van der Waals surface area contributed by atoms with Crippen molar-refractivity contribution in [2.75, 3.05) is 27.4 Å². The SMILES string of the molecule is CCC1(/C=C/c2ccc(C(CC)(CC)c3ccc(-c4cc(CCOOC)cc(OC)c4O)cc3)cc2C)CO1. The van der Waals surface area contributed by atoms with E-state index in [1.54, 1.807) is 7.11 Å². The van der Waals surface area contributed by atoms with Crippen LogP contribution in [0.15, 0.2) is 60.7 Å². The second kappa shape index (κ2) is 12.4. The first-order valence-corrected chi connectivity index (χ1v) is 14.0. The van der Waals surface area contributed by atoms with Gasteiger partial charge in [0.2, 0.25) is 0 Å². The van der Waals surface area contributed by atoms with Crippen LogP contribution in [0.4, 0.5) is 0 Å². The molecule has 5 heteroatoms. The molecule has 0 spiro atoms. The number of rotatable bonds is 13. The summed E-state index contributed by atoms with van der Waals surface area (Å²) in [6.45, 7) is 10.1. The summed E-state index contributed by atoms with van der Waals surface area (Å²) in [5.74, 6) is 0.586. The van der Waals surface area contributed by atoms with E-state index >= 15 is 0 Å². The van der Waals surface area contributed by atoms with Crippen LogP contribution in [0, 0.1) is 6.92 Å². The van der Waals surface area contributed by atoms with Crippen LogP contribution in [0.25, 0.3) is 17.2 Å². The normalized spacial score (nSPS) is 17.1. The highest BCUT2D eigenvalue weighted by Crippen LogP contribution is 2.43. The molecule has 3 aromatic carbocycles. The molecule has 1 heterocycles. The van der Waals surface area contributed by atoms with Crippen LogP contribution < -0.4 is 4.74 Å². The Morgan fingerprint density at radius 3 is 2.23 bits per heavy atom. The zero-order chi connectivity index (χ0) is 28.0. The fourth-order valence-corrected chi connectivity index (χ4v) is 5.54. The van der Waals surface area contributed by atoms with Gasteiger partial charge in [-0.15, -0.1) is 0 Å². The summed E-state index contributed by atoms with van der Waals surface area (Å²) >= 11 is 0. The average Bonchev–Trinajstić information content (AvgIpc) is 3.75. The molecule has 0 saturated carbocycles. The van der Waals surface area contributed by atoms with E-state index in [2.05, 4.69) is 82.3 Å². The molecule has 0 bridgehead atoms. The van der Waals surface area contributed by atoms with Crippen LogP contribution >= 0.6 is 0 Å². The maximum atomic E-state index is 10.9. The summed E-state index contributed by atoms with van der Waals surface area (Å²) in [6.07, 6.45) is 8.03. The molecule has 1 unspecified atom stereocenters. The van der Waals surface area contributed by atoms with Gasteiger partial charge >= 0.3 is 0 Å². The lowest BCUT2D eigenvalue weighted by molar-refractivity contribution is -0.271. The first kappa shape index (κ1) is 28.9. The van der Waals surface area contributed by atoms with E-state index in [0.717, 1.165) is 42.6 Å². The van der Waals surface area contributed by atoms with E-state index in [9.17, 15) is 5.11 Å². The van der Waals surface area contributed by atoms with Crippen molar-refractivity contribution in [1.29, 1.82) is 0 Å². The third kappa shape index (κ3) is 6.06. The predicted molar refractivity (Wildman–Crippen MR) is 157 cm³/mol. The smallest absolute Gasteiger partial charge is 0.165 e. The Labute approximate surface area is 233 Å². The first-order valence-electron chi connectivity index (χ1n) is 14.0. The minimum Gasteiger partial charge on any atom is -0.504 e. The van der Waals surface area contributed by atoms with Gasteiger partial charge in [0.25, 0.3) is 0 Å². The molecule has 4 rings (SSSR count). The third-order valence-corrected chi connectivity index (χ3v) is 8.40. The van der Waals surface area contributed by atoms with Gasteiger partial charge in [-0.05, 0) is 84.2 Å². The van der Waals surface area contributed by atoms with E-state index in [1.807, 2.05) is 12.1 Å². The molecule has 39 heavy (non-hydrogen) atoms. The topological polar surface area (TPSA) is 60.5 Å². The summed E-state index contributed by atoms with van der Waals surface area (Å²) in [5, 5.41) is 10.9. The standard InChI is InChI=1S/C34H42O5/c1-7-33(23-38-33)18-16-26-10-15-29(20-24(26)4)34(8-2,9-3)28-13-11-27(12-14-28)30-21-25(17-19-39-37-6)22-31(36-5)32(30)35/h10-16,18,20-22,35H,7-9,17,19,23H2,1-6H3/b18-16+. The van der Waals surface area contributed by atoms with Gasteiger partial charge in [-0.3, -0.25) is 0 Å². The molecule has 0 aliphatic carbocycles. The van der Waals surface area contributed by atoms with Gasteiger partial charge in [-0.1, -0.05) is 69.3 Å². The summed E-state index contributed by atoms with van der Waals surface area (Å²) in [6, 6.07) is 19.3. The van der Waals surface area contributed by atoms with E-state index < -0.39 is 0 Å². The lowest BCUT2D eigenvalue weighted by Crippen LogP contribution is -2.26. The molecule has 1 atom stereocenters. The van der Waals surface area contributed by atoms with Crippen LogP contribution in [0.2, 0.25) is 0 Å². The maximum Gasteiger partial charge on any atom is 0.165 e. The van der Waals surface area contributed by atoms with E-state index in [4.69, 9.17) is 19.2 Å². The van der Waals surface area contributed by atoms with Crippen molar-refractivity contribution < 1.29 is 24.4 Å². The predicted octanol–water partition coefficient (Wildman–Crippen LogP) is 7.80. The van der Waals surface area contributed by atoms with Gasteiger partial charge < -0.3 is 14.6 Å². The molecule has 1 aliphatic heterocycles. The van der Waals surface area contributed by atoms with E-state index in [-0.39, 0.29) is 16.8 Å². The summed E-state index contributed by atoms with van der Waals surface area (Å²) in [5.41, 5.74) is 7.62. The number of aromatic hydroxyl groups is 1. The van der Waals surface area contributed by atoms with Crippen LogP contribution in [-0.2, 0) is 26.3 Å². The van der Waals surface area contributed by atoms with Crippen molar-refractivity contribution in [3.05, 3.63) is 88.5 Å². The van der Waals surface area contributed by atoms with Crippen LogP contribution in [0.1, 0.15) is 67.9 Å². The first-order chi connectivity index (χ1) is 18.8. The number of phenolic OH excluding ortho intramolecular Hbond substituents is 1. The molecule has 1 aliphatic rings. The summed E-state index contributed by atoms with van der Waals surface area (Å²) in [7, 11) is 3.06. The van der Waals surface area contributed by atoms with Gasteiger partial charge in [-0.2, -0.15) is 0 Å². The Kier molecular flexibility index (Phi) is 9.16. The maximum absolute atomic E-state index is 10.9. The van der Waals surface area contributed by atoms with Gasteiger partial charge in [0, 0.05) is 11.0 Å². The summed E-state index contributed by atoms with van der Waals surface area (Å²) in [4.78, 5) is 9.76. The number of methoxy groups -OCH3 is 1. The number of ether oxygens (including phenoxy) is 2. The molecule has 3 aromatic rings. The Hall–Kier alpha value is -3.12. The number of hydrogen-bond donors (Lipinski definition) is 1. The van der Waals surface area contributed by atoms with Crippen molar-refractivity contribution >= 4 is 6.08 Å². The van der Waals surface area contributed by atoms with Crippen molar-refractivity contribution in [3.63, 3.8) is 0 Å². The van der Waals surface area contributed by atoms with Crippen LogP contribution in [0.3, 0.4) is 0 Å². The molecule has 1 N–H and O–H groups in total. The van der Waals surface area contributed by atoms with Crippen molar-refractivity contribution in [2.45, 2.75) is 64.4 Å². The Balaban J connectivity index is 1.65. The van der Waals surface area contributed by atoms with Crippen molar-refractivity contribution in [3.8, 4) is 22.6 Å². The quantitative estimate of drug-likeness (QED) is 0.106. The fourth-order valence-electron chi connectivity index (χ4n) is 5.54. The largest absolute Gasteiger partial charge is 0.504 e. The summed E-state index contributed by atoms with van der Waals surface area (Å²) < 4.78 is 11.1. The second-order valence-corrected chi connectivity index (χ2v) is 10.4. The Bertz CT molecular complexity index is 1280. The minimum absolute atomic E-state index is 0.0564. The molecule has 5 nitrogen and oxygen atoms in total. The highest BCUT2D eigenvalue weighted by atomic mass is 17.2. The van der Waals surface area contributed by atoms with Gasteiger partial charge in [0.1, 0.15) is 5.60 Å². The molecular weight excluding hydrogens is 488 g/mol. The number of aryl methyl sites for hydroxylation is 1. The van der Waals surface area contributed by atoms with Crippen LogP contribution in [0.5, 0.6) is 11.5 Å². The van der Waals surface area contributed by atoms with E-state index in [1.165, 1.54) is 29.4 Å². The van der Waals surface area contributed by atoms with Crippen molar-refractivity contribution in [1.82, 2.24) is 0 Å². The molecule has 0 aromatic heterocycles. The monoisotopic (exact) mass is 530 g/mol. The fraction of sp³-hybridized carbons (Fsp3) is 0.412. The Morgan fingerprint density at radius 2 is 1.67 bits per heavy atom. The number of hydrogen-bond acceptors (Lipinski definition) is 5. The zero-order valence-corrected chi connectivity index (χ0v) is 24.2. The molecule has 0 amide bonds. The number of phenols is 1. The van der Waals surface area contributed by atoms with E-state index in [0.29, 0.717) is 18.8 Å². The van der Waals surface area contributed by atoms with Crippen LogP contribution in [-0.4, -0.2) is 38.1 Å². The Morgan fingerprint density at radius 1 is 0.974 bits per heavy atom. The van der Waals surface area contributed by atoms with Gasteiger partial charge in [0.05, 0.1) is 27.4 Å².